The highest BCUT2D eigenvalue weighted by atomic mass is 16.7. The van der Waals surface area contributed by atoms with Gasteiger partial charge in [0.1, 0.15) is 6.61 Å². The molecule has 0 spiro atoms. The van der Waals surface area contributed by atoms with Crippen LogP contribution in [0.4, 0.5) is 4.79 Å². The topological polar surface area (TPSA) is 65.1 Å². The van der Waals surface area contributed by atoms with Gasteiger partial charge in [0.25, 0.3) is 0 Å². The molecule has 0 aromatic carbocycles. The van der Waals surface area contributed by atoms with Crippen molar-refractivity contribution >= 4 is 12.1 Å². The fourth-order valence-corrected chi connectivity index (χ4v) is 6.97. The molecule has 1 heterocycles. The number of hydrogen-bond acceptors (Lipinski definition) is 6. The van der Waals surface area contributed by atoms with Gasteiger partial charge < -0.3 is 19.1 Å². The van der Waals surface area contributed by atoms with Gasteiger partial charge in [0.15, 0.2) is 0 Å². The first-order chi connectivity index (χ1) is 14.4. The Bertz CT molecular complexity index is 585. The Morgan fingerprint density at radius 2 is 1.67 bits per heavy atom. The number of carbonyl (C=O) groups is 2. The van der Waals surface area contributed by atoms with Crippen LogP contribution in [0.5, 0.6) is 0 Å². The molecule has 2 unspecified atom stereocenters. The van der Waals surface area contributed by atoms with E-state index in [2.05, 4.69) is 18.9 Å². The van der Waals surface area contributed by atoms with E-state index in [9.17, 15) is 9.59 Å². The fourth-order valence-electron chi connectivity index (χ4n) is 6.97. The lowest BCUT2D eigenvalue weighted by atomic mass is 9.49. The van der Waals surface area contributed by atoms with Crippen molar-refractivity contribution in [1.29, 1.82) is 0 Å². The molecule has 0 N–H and O–H groups in total. The molecule has 2 atom stereocenters. The van der Waals surface area contributed by atoms with Gasteiger partial charge in [0.05, 0.1) is 19.6 Å². The van der Waals surface area contributed by atoms with Gasteiger partial charge in [-0.2, -0.15) is 0 Å². The van der Waals surface area contributed by atoms with Crippen molar-refractivity contribution in [2.75, 3.05) is 33.4 Å². The minimum Gasteiger partial charge on any atom is -0.465 e. The highest BCUT2D eigenvalue weighted by Crippen LogP contribution is 2.61. The maximum Gasteiger partial charge on any atom is 0.508 e. The van der Waals surface area contributed by atoms with Crippen molar-refractivity contribution in [1.82, 2.24) is 4.90 Å². The first-order valence-electron chi connectivity index (χ1n) is 11.9. The largest absolute Gasteiger partial charge is 0.508 e. The predicted octanol–water partition coefficient (Wildman–Crippen LogP) is 4.22. The van der Waals surface area contributed by atoms with Gasteiger partial charge >= 0.3 is 12.1 Å². The van der Waals surface area contributed by atoms with Crippen molar-refractivity contribution < 1.29 is 23.8 Å². The third kappa shape index (κ3) is 5.49. The Morgan fingerprint density at radius 1 is 1.03 bits per heavy atom. The fraction of sp³-hybridized carbons (Fsp3) is 0.875. The van der Waals surface area contributed by atoms with Crippen LogP contribution in [0.25, 0.3) is 0 Å². The summed E-state index contributed by atoms with van der Waals surface area (Å²) in [7, 11) is 2.10. The van der Waals surface area contributed by atoms with Crippen LogP contribution < -0.4 is 0 Å². The Balaban J connectivity index is 1.08. The molecule has 1 radical (unpaired) electrons. The zero-order chi connectivity index (χ0) is 21.1. The number of ether oxygens (including phenoxy) is 3. The summed E-state index contributed by atoms with van der Waals surface area (Å²) in [6.45, 7) is 5.72. The van der Waals surface area contributed by atoms with Crippen LogP contribution in [0.1, 0.15) is 64.2 Å². The first kappa shape index (κ1) is 21.9. The van der Waals surface area contributed by atoms with E-state index in [1.54, 1.807) is 0 Å². The second-order valence-corrected chi connectivity index (χ2v) is 10.6. The molecular weight excluding hydrogens is 382 g/mol. The summed E-state index contributed by atoms with van der Waals surface area (Å²) < 4.78 is 15.8. The molecule has 4 aliphatic carbocycles. The molecule has 5 rings (SSSR count). The van der Waals surface area contributed by atoms with E-state index in [1.807, 2.05) is 0 Å². The van der Waals surface area contributed by atoms with E-state index < -0.39 is 6.16 Å². The molecule has 1 aliphatic heterocycles. The third-order valence-corrected chi connectivity index (χ3v) is 7.94. The number of esters is 1. The summed E-state index contributed by atoms with van der Waals surface area (Å²) >= 11 is 0. The van der Waals surface area contributed by atoms with E-state index in [0.717, 1.165) is 37.1 Å². The summed E-state index contributed by atoms with van der Waals surface area (Å²) in [5.74, 6) is 2.10. The molecule has 30 heavy (non-hydrogen) atoms. The van der Waals surface area contributed by atoms with Crippen molar-refractivity contribution in [2.45, 2.75) is 70.3 Å². The van der Waals surface area contributed by atoms with Gasteiger partial charge in [-0.15, -0.1) is 0 Å². The van der Waals surface area contributed by atoms with Crippen LogP contribution in [0.3, 0.4) is 0 Å². The number of nitrogens with zero attached hydrogens (tertiary/aromatic N) is 1. The van der Waals surface area contributed by atoms with E-state index in [4.69, 9.17) is 14.2 Å². The minimum atomic E-state index is -0.663. The molecule has 0 aromatic rings. The monoisotopic (exact) mass is 420 g/mol. The van der Waals surface area contributed by atoms with E-state index in [-0.39, 0.29) is 30.5 Å². The van der Waals surface area contributed by atoms with Crippen LogP contribution in [-0.4, -0.2) is 56.5 Å². The molecule has 0 amide bonds. The van der Waals surface area contributed by atoms with Crippen molar-refractivity contribution in [3.63, 3.8) is 0 Å². The standard InChI is InChI=1S/C24H38NO5/c1-17(16-30-23(27)28-7-5-21-4-3-6-25(21)2)15-29-22(26)14-24-11-18-8-19(12-24)10-20(9-18)13-24/h17-21H,1,3-16H2,2H3. The summed E-state index contributed by atoms with van der Waals surface area (Å²) in [4.78, 5) is 26.5. The lowest BCUT2D eigenvalue weighted by molar-refractivity contribution is -0.153. The number of likely N-dealkylation sites (tertiary alicyclic amines) is 1. The lowest BCUT2D eigenvalue weighted by Gasteiger charge is -2.56. The second-order valence-electron chi connectivity index (χ2n) is 10.6. The molecule has 0 aromatic heterocycles. The Kier molecular flexibility index (Phi) is 6.91. The number of hydrogen-bond donors (Lipinski definition) is 0. The van der Waals surface area contributed by atoms with Gasteiger partial charge in [0.2, 0.25) is 0 Å². The SMILES string of the molecule is [CH2]C(COC(=O)CC12CC3CC(CC(C3)C1)C2)COC(=O)OCCC1CCCN1C. The second kappa shape index (κ2) is 9.46. The summed E-state index contributed by atoms with van der Waals surface area (Å²) in [6, 6.07) is 0.492. The lowest BCUT2D eigenvalue weighted by Crippen LogP contribution is -2.47. The summed E-state index contributed by atoms with van der Waals surface area (Å²) in [6.07, 6.45) is 10.8. The smallest absolute Gasteiger partial charge is 0.465 e. The van der Waals surface area contributed by atoms with Crippen LogP contribution in [0, 0.1) is 36.0 Å². The van der Waals surface area contributed by atoms with Gasteiger partial charge in [-0.1, -0.05) is 0 Å². The molecular formula is C24H38NO5. The molecule has 6 nitrogen and oxygen atoms in total. The quantitative estimate of drug-likeness (QED) is 0.520. The Morgan fingerprint density at radius 3 is 2.27 bits per heavy atom. The first-order valence-corrected chi connectivity index (χ1v) is 11.9. The minimum absolute atomic E-state index is 0.104. The van der Waals surface area contributed by atoms with Crippen LogP contribution >= 0.6 is 0 Å². The molecule has 1 saturated heterocycles. The highest BCUT2D eigenvalue weighted by Gasteiger charge is 2.51. The van der Waals surface area contributed by atoms with Crippen molar-refractivity contribution in [3.05, 3.63) is 6.92 Å². The van der Waals surface area contributed by atoms with Gasteiger partial charge in [-0.25, -0.2) is 4.79 Å². The number of carbonyl (C=O) groups excluding carboxylic acids is 2. The molecule has 5 fully saturated rings. The summed E-state index contributed by atoms with van der Waals surface area (Å²) in [5.41, 5.74) is 0.191. The van der Waals surface area contributed by atoms with E-state index in [0.29, 0.717) is 19.1 Å². The zero-order valence-electron chi connectivity index (χ0n) is 18.5. The third-order valence-electron chi connectivity index (χ3n) is 7.94. The Labute approximate surface area is 181 Å². The van der Waals surface area contributed by atoms with Gasteiger partial charge in [-0.05, 0) is 101 Å². The van der Waals surface area contributed by atoms with Crippen LogP contribution in [0.2, 0.25) is 0 Å². The normalized spacial score (nSPS) is 35.9. The molecule has 169 valence electrons. The summed E-state index contributed by atoms with van der Waals surface area (Å²) in [5, 5.41) is 0. The zero-order valence-corrected chi connectivity index (χ0v) is 18.5. The van der Waals surface area contributed by atoms with Gasteiger partial charge in [-0.3, -0.25) is 4.79 Å². The van der Waals surface area contributed by atoms with Crippen LogP contribution in [0.15, 0.2) is 0 Å². The molecule has 4 saturated carbocycles. The Hall–Kier alpha value is -1.30. The molecule has 6 heteroatoms. The highest BCUT2D eigenvalue weighted by molar-refractivity contribution is 5.70. The molecule has 4 bridgehead atoms. The predicted molar refractivity (Wildman–Crippen MR) is 113 cm³/mol. The number of rotatable bonds is 9. The van der Waals surface area contributed by atoms with Crippen LogP contribution in [-0.2, 0) is 19.0 Å². The van der Waals surface area contributed by atoms with Crippen molar-refractivity contribution in [3.8, 4) is 0 Å². The van der Waals surface area contributed by atoms with Gasteiger partial charge in [0, 0.05) is 12.0 Å². The van der Waals surface area contributed by atoms with Crippen molar-refractivity contribution in [2.24, 2.45) is 29.1 Å². The average molecular weight is 421 g/mol. The maximum atomic E-state index is 12.5. The van der Waals surface area contributed by atoms with E-state index >= 15 is 0 Å². The molecule has 5 aliphatic rings. The average Bonchev–Trinajstić information content (AvgIpc) is 3.08. The maximum absolute atomic E-state index is 12.5. The van der Waals surface area contributed by atoms with E-state index in [1.165, 1.54) is 44.9 Å².